The van der Waals surface area contributed by atoms with Crippen molar-refractivity contribution in [3.05, 3.63) is 100 Å². The number of rotatable bonds is 8. The van der Waals surface area contributed by atoms with E-state index >= 15 is 0 Å². The van der Waals surface area contributed by atoms with Gasteiger partial charge in [0.1, 0.15) is 15.7 Å². The Labute approximate surface area is 220 Å². The molecule has 0 aliphatic carbocycles. The molecule has 0 atom stereocenters. The maximum atomic E-state index is 13.7. The lowest BCUT2D eigenvalue weighted by Gasteiger charge is -2.11. The molecule has 5 aromatic rings. The molecule has 38 heavy (non-hydrogen) atoms. The lowest BCUT2D eigenvalue weighted by molar-refractivity contribution is 0.0827. The third-order valence-corrected chi connectivity index (χ3v) is 7.52. The maximum absolute atomic E-state index is 13.7. The first-order valence-corrected chi connectivity index (χ1v) is 14.3. The fraction of sp³-hybridized carbons (Fsp3) is 0.250. The van der Waals surface area contributed by atoms with Crippen LogP contribution in [0.2, 0.25) is 0 Å². The molecule has 5 rings (SSSR count). The van der Waals surface area contributed by atoms with Gasteiger partial charge in [0.05, 0.1) is 40.9 Å². The second-order valence-electron chi connectivity index (χ2n) is 9.64. The summed E-state index contributed by atoms with van der Waals surface area (Å²) in [7, 11) is 0.227. The Morgan fingerprint density at radius 1 is 0.816 bits per heavy atom. The number of para-hydroxylation sites is 4. The van der Waals surface area contributed by atoms with Gasteiger partial charge in [0, 0.05) is 32.5 Å². The molecule has 3 aromatic carbocycles. The minimum Gasteiger partial charge on any atom is -0.345 e. The standard InChI is InChI=1S/C28H29N5O4S/c1-30(2)27(34)21-14-12-20(13-15-21)18-32-24-10-6-7-11-25(24)33(28(32)35)19-26-29-22-8-4-5-9-23(22)31(26)16-17-38(3,36)37/h4-15H,16-19H2,1-3H3. The van der Waals surface area contributed by atoms with Gasteiger partial charge in [0.2, 0.25) is 0 Å². The number of carbonyl (C=O) groups excluding carboxylic acids is 1. The Morgan fingerprint density at radius 2 is 1.39 bits per heavy atom. The van der Waals surface area contributed by atoms with E-state index in [0.29, 0.717) is 17.9 Å². The van der Waals surface area contributed by atoms with Crippen molar-refractivity contribution in [2.24, 2.45) is 0 Å². The number of fused-ring (bicyclic) bond motifs is 2. The molecule has 196 valence electrons. The smallest absolute Gasteiger partial charge is 0.329 e. The average Bonchev–Trinajstić information content (AvgIpc) is 3.37. The number of aryl methyl sites for hydroxylation is 1. The summed E-state index contributed by atoms with van der Waals surface area (Å²) in [6.45, 7) is 0.786. The molecule has 9 nitrogen and oxygen atoms in total. The summed E-state index contributed by atoms with van der Waals surface area (Å²) in [6.07, 6.45) is 1.22. The highest BCUT2D eigenvalue weighted by Crippen LogP contribution is 2.20. The fourth-order valence-corrected chi connectivity index (χ4v) is 5.18. The van der Waals surface area contributed by atoms with Crippen molar-refractivity contribution in [3.63, 3.8) is 0 Å². The molecule has 0 unspecified atom stereocenters. The Balaban J connectivity index is 1.54. The Morgan fingerprint density at radius 3 is 2.00 bits per heavy atom. The second kappa shape index (κ2) is 9.94. The van der Waals surface area contributed by atoms with Gasteiger partial charge >= 0.3 is 5.69 Å². The lowest BCUT2D eigenvalue weighted by atomic mass is 10.1. The first-order valence-electron chi connectivity index (χ1n) is 12.2. The Bertz CT molecular complexity index is 1810. The summed E-state index contributed by atoms with van der Waals surface area (Å²) in [4.78, 5) is 32.3. The number of amides is 1. The number of aromatic nitrogens is 4. The first-order chi connectivity index (χ1) is 18.1. The predicted molar refractivity (Wildman–Crippen MR) is 148 cm³/mol. The number of hydrogen-bond donors (Lipinski definition) is 0. The van der Waals surface area contributed by atoms with Crippen LogP contribution in [-0.4, -0.2) is 64.0 Å². The van der Waals surface area contributed by atoms with E-state index in [-0.39, 0.29) is 30.4 Å². The van der Waals surface area contributed by atoms with Crippen LogP contribution in [0.3, 0.4) is 0 Å². The van der Waals surface area contributed by atoms with Crippen LogP contribution in [0.5, 0.6) is 0 Å². The fourth-order valence-electron chi connectivity index (χ4n) is 4.67. The van der Waals surface area contributed by atoms with Crippen LogP contribution in [0.15, 0.2) is 77.6 Å². The number of nitrogens with zero attached hydrogens (tertiary/aromatic N) is 5. The number of carbonyl (C=O) groups is 1. The zero-order valence-electron chi connectivity index (χ0n) is 21.5. The summed E-state index contributed by atoms with van der Waals surface area (Å²) in [6, 6.07) is 22.4. The van der Waals surface area contributed by atoms with Gasteiger partial charge in [-0.2, -0.15) is 0 Å². The molecule has 2 heterocycles. The number of benzene rings is 3. The highest BCUT2D eigenvalue weighted by molar-refractivity contribution is 7.90. The maximum Gasteiger partial charge on any atom is 0.329 e. The Hall–Kier alpha value is -4.18. The van der Waals surface area contributed by atoms with Crippen LogP contribution in [0.4, 0.5) is 0 Å². The van der Waals surface area contributed by atoms with Crippen molar-refractivity contribution in [1.29, 1.82) is 0 Å². The van der Waals surface area contributed by atoms with E-state index in [1.807, 2.05) is 65.2 Å². The van der Waals surface area contributed by atoms with Gasteiger partial charge in [-0.05, 0) is 42.0 Å². The minimum absolute atomic E-state index is 0.0245. The van der Waals surface area contributed by atoms with E-state index < -0.39 is 9.84 Å². The molecular formula is C28H29N5O4S. The number of imidazole rings is 2. The van der Waals surface area contributed by atoms with Crippen molar-refractivity contribution in [3.8, 4) is 0 Å². The molecule has 0 saturated carbocycles. The highest BCUT2D eigenvalue weighted by Gasteiger charge is 2.18. The van der Waals surface area contributed by atoms with E-state index in [0.717, 1.165) is 27.6 Å². The van der Waals surface area contributed by atoms with Gasteiger partial charge in [-0.3, -0.25) is 13.9 Å². The molecule has 0 radical (unpaired) electrons. The molecule has 0 spiro atoms. The first kappa shape index (κ1) is 25.5. The molecule has 0 aliphatic heterocycles. The van der Waals surface area contributed by atoms with Gasteiger partial charge in [0.15, 0.2) is 0 Å². The van der Waals surface area contributed by atoms with Gasteiger partial charge < -0.3 is 9.47 Å². The molecule has 1 amide bonds. The zero-order chi connectivity index (χ0) is 27.0. The van der Waals surface area contributed by atoms with Crippen LogP contribution in [-0.2, 0) is 29.5 Å². The average molecular weight is 532 g/mol. The molecule has 0 fully saturated rings. The third kappa shape index (κ3) is 4.99. The summed E-state index contributed by atoms with van der Waals surface area (Å²) >= 11 is 0. The number of sulfone groups is 1. The molecule has 0 saturated heterocycles. The van der Waals surface area contributed by atoms with Gasteiger partial charge in [-0.25, -0.2) is 18.2 Å². The van der Waals surface area contributed by atoms with E-state index in [1.165, 1.54) is 11.2 Å². The van der Waals surface area contributed by atoms with Crippen molar-refractivity contribution in [2.75, 3.05) is 26.1 Å². The molecular weight excluding hydrogens is 502 g/mol. The van der Waals surface area contributed by atoms with Gasteiger partial charge in [0.25, 0.3) is 5.91 Å². The minimum atomic E-state index is -3.19. The highest BCUT2D eigenvalue weighted by atomic mass is 32.2. The summed E-state index contributed by atoms with van der Waals surface area (Å²) < 4.78 is 29.1. The summed E-state index contributed by atoms with van der Waals surface area (Å²) in [5, 5.41) is 0. The third-order valence-electron chi connectivity index (χ3n) is 6.59. The monoisotopic (exact) mass is 531 g/mol. The van der Waals surface area contributed by atoms with Crippen molar-refractivity contribution >= 4 is 37.8 Å². The quantitative estimate of drug-likeness (QED) is 0.307. The topological polar surface area (TPSA) is 99.2 Å². The molecule has 2 aromatic heterocycles. The van der Waals surface area contributed by atoms with Gasteiger partial charge in [-0.1, -0.05) is 36.4 Å². The number of hydrogen-bond acceptors (Lipinski definition) is 5. The lowest BCUT2D eigenvalue weighted by Crippen LogP contribution is -2.26. The molecule has 0 aliphatic rings. The summed E-state index contributed by atoms with van der Waals surface area (Å²) in [5.41, 5.74) is 4.41. The van der Waals surface area contributed by atoms with E-state index in [1.54, 1.807) is 35.4 Å². The van der Waals surface area contributed by atoms with Crippen LogP contribution in [0.25, 0.3) is 22.1 Å². The van der Waals surface area contributed by atoms with Crippen molar-refractivity contribution in [1.82, 2.24) is 23.6 Å². The summed E-state index contributed by atoms with van der Waals surface area (Å²) in [5.74, 6) is 0.513. The predicted octanol–water partition coefficient (Wildman–Crippen LogP) is 3.00. The van der Waals surface area contributed by atoms with E-state index in [9.17, 15) is 18.0 Å². The van der Waals surface area contributed by atoms with E-state index in [2.05, 4.69) is 0 Å². The van der Waals surface area contributed by atoms with Crippen LogP contribution < -0.4 is 5.69 Å². The SMILES string of the molecule is CN(C)C(=O)c1ccc(Cn2c(=O)n(Cc3nc4ccccc4n3CCS(C)(=O)=O)c3ccccc32)cc1. The zero-order valence-corrected chi connectivity index (χ0v) is 22.4. The van der Waals surface area contributed by atoms with Crippen molar-refractivity contribution < 1.29 is 13.2 Å². The molecule has 0 bridgehead atoms. The van der Waals surface area contributed by atoms with Gasteiger partial charge in [-0.15, -0.1) is 0 Å². The second-order valence-corrected chi connectivity index (χ2v) is 11.9. The van der Waals surface area contributed by atoms with Crippen LogP contribution >= 0.6 is 0 Å². The van der Waals surface area contributed by atoms with Crippen LogP contribution in [0.1, 0.15) is 21.7 Å². The van der Waals surface area contributed by atoms with E-state index in [4.69, 9.17) is 4.98 Å². The molecule has 0 N–H and O–H groups in total. The normalized spacial score (nSPS) is 11.9. The van der Waals surface area contributed by atoms with Crippen LogP contribution in [0, 0.1) is 0 Å². The largest absolute Gasteiger partial charge is 0.345 e. The molecule has 10 heteroatoms. The Kier molecular flexibility index (Phi) is 6.66. The van der Waals surface area contributed by atoms with Crippen molar-refractivity contribution in [2.45, 2.75) is 19.6 Å².